The van der Waals surface area contributed by atoms with Gasteiger partial charge in [-0.2, -0.15) is 0 Å². The number of carbonyl (C=O) groups is 1. The van der Waals surface area contributed by atoms with Gasteiger partial charge in [-0.15, -0.1) is 0 Å². The Bertz CT molecular complexity index is 784. The fraction of sp³-hybridized carbons (Fsp3) is 0.545. The average molecular weight is 401 g/mol. The fourth-order valence-corrected chi connectivity index (χ4v) is 4.27. The molecule has 2 aromatic rings. The van der Waals surface area contributed by atoms with Crippen molar-refractivity contribution in [2.75, 3.05) is 32.8 Å². The van der Waals surface area contributed by atoms with E-state index in [9.17, 15) is 9.18 Å². The number of amides is 1. The van der Waals surface area contributed by atoms with Gasteiger partial charge in [-0.3, -0.25) is 9.69 Å². The van der Waals surface area contributed by atoms with E-state index in [1.165, 1.54) is 12.3 Å². The zero-order chi connectivity index (χ0) is 20.1. The third kappa shape index (κ3) is 5.22. The summed E-state index contributed by atoms with van der Waals surface area (Å²) in [5.41, 5.74) is 1.09. The van der Waals surface area contributed by atoms with E-state index >= 15 is 0 Å². The first kappa shape index (κ1) is 20.0. The van der Waals surface area contributed by atoms with Crippen molar-refractivity contribution in [3.8, 4) is 0 Å². The van der Waals surface area contributed by atoms with Crippen LogP contribution < -0.4 is 0 Å². The molecule has 1 aromatic heterocycles. The predicted octanol–water partition coefficient (Wildman–Crippen LogP) is 3.35. The number of carbonyl (C=O) groups excluding carboxylic acids is 1. The summed E-state index contributed by atoms with van der Waals surface area (Å²) in [5.74, 6) is 0.183. The van der Waals surface area contributed by atoms with Gasteiger partial charge in [-0.05, 0) is 50.8 Å². The van der Waals surface area contributed by atoms with Gasteiger partial charge in [-0.25, -0.2) is 4.39 Å². The van der Waals surface area contributed by atoms with Gasteiger partial charge in [0.1, 0.15) is 12.1 Å². The standard InChI is InChI=1S/C22H28FN3O3/c23-20-6-2-1-4-18(20)15-25-10-7-17(8-11-25)14-26(16-19-5-3-12-28-19)22(27)21-9-13-29-24-21/h1-2,4,6,9,13,17,19H,3,5,7-8,10-12,14-16H2/t19-/m0/s1. The molecule has 2 aliphatic heterocycles. The molecule has 2 aliphatic rings. The molecule has 0 spiro atoms. The first-order chi connectivity index (χ1) is 14.2. The summed E-state index contributed by atoms with van der Waals surface area (Å²) >= 11 is 0. The molecule has 0 unspecified atom stereocenters. The Morgan fingerprint density at radius 1 is 1.17 bits per heavy atom. The summed E-state index contributed by atoms with van der Waals surface area (Å²) in [6.07, 6.45) is 5.55. The Morgan fingerprint density at radius 3 is 2.69 bits per heavy atom. The Balaban J connectivity index is 1.33. The fourth-order valence-electron chi connectivity index (χ4n) is 4.27. The highest BCUT2D eigenvalue weighted by Crippen LogP contribution is 2.23. The third-order valence-corrected chi connectivity index (χ3v) is 5.93. The van der Waals surface area contributed by atoms with Gasteiger partial charge in [0.2, 0.25) is 0 Å². The van der Waals surface area contributed by atoms with E-state index in [2.05, 4.69) is 10.1 Å². The molecular formula is C22H28FN3O3. The summed E-state index contributed by atoms with van der Waals surface area (Å²) in [6, 6.07) is 8.58. The van der Waals surface area contributed by atoms with Gasteiger partial charge in [-0.1, -0.05) is 23.4 Å². The van der Waals surface area contributed by atoms with Crippen molar-refractivity contribution < 1.29 is 18.4 Å². The zero-order valence-electron chi connectivity index (χ0n) is 16.6. The van der Waals surface area contributed by atoms with Crippen molar-refractivity contribution in [2.24, 2.45) is 5.92 Å². The number of piperidine rings is 1. The van der Waals surface area contributed by atoms with Crippen molar-refractivity contribution in [1.29, 1.82) is 0 Å². The lowest BCUT2D eigenvalue weighted by molar-refractivity contribution is 0.0437. The summed E-state index contributed by atoms with van der Waals surface area (Å²) in [6.45, 7) is 4.51. The number of rotatable bonds is 7. The van der Waals surface area contributed by atoms with Crippen LogP contribution in [-0.2, 0) is 11.3 Å². The van der Waals surface area contributed by atoms with Crippen LogP contribution in [-0.4, -0.2) is 59.8 Å². The molecule has 1 amide bonds. The SMILES string of the molecule is O=C(c1ccon1)N(CC1CCN(Cc2ccccc2F)CC1)C[C@@H]1CCCO1. The summed E-state index contributed by atoms with van der Waals surface area (Å²) in [4.78, 5) is 17.1. The normalized spacial score (nSPS) is 20.8. The minimum atomic E-state index is -0.143. The van der Waals surface area contributed by atoms with E-state index in [1.54, 1.807) is 12.1 Å². The zero-order valence-corrected chi connectivity index (χ0v) is 16.6. The van der Waals surface area contributed by atoms with Gasteiger partial charge >= 0.3 is 0 Å². The Hall–Kier alpha value is -2.25. The second-order valence-corrected chi connectivity index (χ2v) is 8.04. The molecule has 0 bridgehead atoms. The molecule has 29 heavy (non-hydrogen) atoms. The van der Waals surface area contributed by atoms with Crippen LogP contribution in [0.2, 0.25) is 0 Å². The van der Waals surface area contributed by atoms with Gasteiger partial charge in [0.05, 0.1) is 6.10 Å². The topological polar surface area (TPSA) is 58.8 Å². The Kier molecular flexibility index (Phi) is 6.56. The van der Waals surface area contributed by atoms with Crippen LogP contribution in [0, 0.1) is 11.7 Å². The van der Waals surface area contributed by atoms with Crippen LogP contribution in [0.15, 0.2) is 41.1 Å². The number of halogens is 1. The van der Waals surface area contributed by atoms with Gasteiger partial charge in [0.15, 0.2) is 5.69 Å². The van der Waals surface area contributed by atoms with E-state index in [0.717, 1.165) is 50.9 Å². The van der Waals surface area contributed by atoms with E-state index < -0.39 is 0 Å². The molecule has 0 aliphatic carbocycles. The highest BCUT2D eigenvalue weighted by atomic mass is 19.1. The second-order valence-electron chi connectivity index (χ2n) is 8.04. The largest absolute Gasteiger partial charge is 0.376 e. The quantitative estimate of drug-likeness (QED) is 0.712. The lowest BCUT2D eigenvalue weighted by Crippen LogP contribution is -2.43. The predicted molar refractivity (Wildman–Crippen MR) is 106 cm³/mol. The van der Waals surface area contributed by atoms with E-state index in [1.807, 2.05) is 17.0 Å². The van der Waals surface area contributed by atoms with Crippen LogP contribution in [0.4, 0.5) is 4.39 Å². The molecule has 3 heterocycles. The van der Waals surface area contributed by atoms with Crippen molar-refractivity contribution in [3.05, 3.63) is 53.7 Å². The van der Waals surface area contributed by atoms with Crippen LogP contribution in [0.5, 0.6) is 0 Å². The third-order valence-electron chi connectivity index (χ3n) is 5.93. The number of benzene rings is 1. The molecule has 1 atom stereocenters. The molecule has 6 nitrogen and oxygen atoms in total. The van der Waals surface area contributed by atoms with Crippen molar-refractivity contribution in [2.45, 2.75) is 38.3 Å². The summed E-state index contributed by atoms with van der Waals surface area (Å²) in [5, 5.41) is 3.82. The van der Waals surface area contributed by atoms with Gasteiger partial charge < -0.3 is 14.2 Å². The maximum atomic E-state index is 13.9. The number of nitrogens with zero attached hydrogens (tertiary/aromatic N) is 3. The summed E-state index contributed by atoms with van der Waals surface area (Å²) < 4.78 is 24.5. The molecule has 2 fully saturated rings. The van der Waals surface area contributed by atoms with Crippen LogP contribution in [0.3, 0.4) is 0 Å². The second kappa shape index (κ2) is 9.50. The van der Waals surface area contributed by atoms with Crippen molar-refractivity contribution in [3.63, 3.8) is 0 Å². The van der Waals surface area contributed by atoms with Crippen LogP contribution in [0.1, 0.15) is 41.7 Å². The summed E-state index contributed by atoms with van der Waals surface area (Å²) in [7, 11) is 0. The first-order valence-electron chi connectivity index (χ1n) is 10.5. The van der Waals surface area contributed by atoms with Crippen molar-refractivity contribution in [1.82, 2.24) is 15.0 Å². The van der Waals surface area contributed by atoms with E-state index in [0.29, 0.717) is 31.2 Å². The average Bonchev–Trinajstić information content (AvgIpc) is 3.44. The van der Waals surface area contributed by atoms with Gasteiger partial charge in [0.25, 0.3) is 5.91 Å². The molecular weight excluding hydrogens is 373 g/mol. The van der Waals surface area contributed by atoms with Crippen LogP contribution in [0.25, 0.3) is 0 Å². The molecule has 1 aromatic carbocycles. The molecule has 2 saturated heterocycles. The minimum absolute atomic E-state index is 0.0944. The van der Waals surface area contributed by atoms with Crippen LogP contribution >= 0.6 is 0 Å². The number of ether oxygens (including phenoxy) is 1. The lowest BCUT2D eigenvalue weighted by atomic mass is 9.95. The molecule has 0 saturated carbocycles. The maximum absolute atomic E-state index is 13.9. The van der Waals surface area contributed by atoms with E-state index in [-0.39, 0.29) is 17.8 Å². The lowest BCUT2D eigenvalue weighted by Gasteiger charge is -2.35. The number of hydrogen-bond acceptors (Lipinski definition) is 5. The molecule has 156 valence electrons. The molecule has 4 rings (SSSR count). The number of hydrogen-bond donors (Lipinski definition) is 0. The molecule has 7 heteroatoms. The number of aromatic nitrogens is 1. The highest BCUT2D eigenvalue weighted by Gasteiger charge is 2.29. The van der Waals surface area contributed by atoms with E-state index in [4.69, 9.17) is 9.26 Å². The molecule has 0 radical (unpaired) electrons. The Labute approximate surface area is 170 Å². The molecule has 0 N–H and O–H groups in total. The Morgan fingerprint density at radius 2 is 2.00 bits per heavy atom. The minimum Gasteiger partial charge on any atom is -0.376 e. The van der Waals surface area contributed by atoms with Gasteiger partial charge in [0, 0.05) is 37.9 Å². The number of likely N-dealkylation sites (tertiary alicyclic amines) is 1. The van der Waals surface area contributed by atoms with Crippen molar-refractivity contribution >= 4 is 5.91 Å². The smallest absolute Gasteiger partial charge is 0.276 e. The first-order valence-corrected chi connectivity index (χ1v) is 10.5. The highest BCUT2D eigenvalue weighted by molar-refractivity contribution is 5.92. The monoisotopic (exact) mass is 401 g/mol. The maximum Gasteiger partial charge on any atom is 0.276 e.